The molecule has 1 fully saturated rings. The Kier molecular flexibility index (Phi) is 5.49. The maximum Gasteiger partial charge on any atom is 0.260 e. The second-order valence-corrected chi connectivity index (χ2v) is 6.08. The zero-order valence-electron chi connectivity index (χ0n) is 14.0. The van der Waals surface area contributed by atoms with Gasteiger partial charge in [-0.3, -0.25) is 4.79 Å². The van der Waals surface area contributed by atoms with Crippen LogP contribution in [0.15, 0.2) is 54.6 Å². The summed E-state index contributed by atoms with van der Waals surface area (Å²) < 4.78 is 11.5. The quantitative estimate of drug-likeness (QED) is 0.848. The fourth-order valence-corrected chi connectivity index (χ4v) is 2.90. The number of hydrogen-bond donors (Lipinski definition) is 0. The fourth-order valence-electron chi connectivity index (χ4n) is 2.90. The Balaban J connectivity index is 1.52. The summed E-state index contributed by atoms with van der Waals surface area (Å²) in [5, 5.41) is 0. The molecule has 1 atom stereocenters. The van der Waals surface area contributed by atoms with E-state index in [1.807, 2.05) is 54.3 Å². The Morgan fingerprint density at radius 1 is 1.17 bits per heavy atom. The molecule has 3 rings (SSSR count). The van der Waals surface area contributed by atoms with Crippen LogP contribution in [-0.2, 0) is 16.0 Å². The smallest absolute Gasteiger partial charge is 0.260 e. The molecule has 1 aliphatic rings. The number of morpholine rings is 1. The third-order valence-electron chi connectivity index (χ3n) is 4.24. The molecule has 0 aromatic heterocycles. The molecule has 2 aromatic carbocycles. The minimum Gasteiger partial charge on any atom is -0.484 e. The Bertz CT molecular complexity index is 672. The van der Waals surface area contributed by atoms with Crippen LogP contribution in [-0.4, -0.2) is 43.2 Å². The highest BCUT2D eigenvalue weighted by molar-refractivity contribution is 5.78. The number of amides is 1. The number of hydrogen-bond acceptors (Lipinski definition) is 3. The lowest BCUT2D eigenvalue weighted by Gasteiger charge is -2.33. The topological polar surface area (TPSA) is 38.8 Å². The molecular formula is C20H23NO3. The molecule has 0 aliphatic carbocycles. The van der Waals surface area contributed by atoms with Gasteiger partial charge in [0.1, 0.15) is 5.75 Å². The Labute approximate surface area is 143 Å². The third-order valence-corrected chi connectivity index (χ3v) is 4.24. The molecule has 2 aromatic rings. The number of benzene rings is 2. The average molecular weight is 325 g/mol. The lowest BCUT2D eigenvalue weighted by Crippen LogP contribution is -2.47. The molecule has 0 saturated carbocycles. The number of rotatable bonds is 5. The number of carbonyl (C=O) groups is 1. The number of para-hydroxylation sites is 1. The molecule has 126 valence electrons. The first-order valence-electron chi connectivity index (χ1n) is 8.34. The molecular weight excluding hydrogens is 302 g/mol. The summed E-state index contributed by atoms with van der Waals surface area (Å²) in [6.07, 6.45) is 0.868. The van der Waals surface area contributed by atoms with Gasteiger partial charge in [0.05, 0.1) is 12.7 Å². The van der Waals surface area contributed by atoms with Crippen LogP contribution in [0.4, 0.5) is 0 Å². The Morgan fingerprint density at radius 2 is 1.92 bits per heavy atom. The SMILES string of the molecule is Cc1ccccc1OCC(=O)N1CCOC(Cc2ccccc2)C1. The predicted octanol–water partition coefficient (Wildman–Crippen LogP) is 2.84. The standard InChI is InChI=1S/C20H23NO3/c1-16-7-5-6-10-19(16)24-15-20(22)21-11-12-23-18(14-21)13-17-8-3-2-4-9-17/h2-10,18H,11-15H2,1H3. The van der Waals surface area contributed by atoms with Crippen molar-refractivity contribution in [3.8, 4) is 5.75 Å². The molecule has 0 bridgehead atoms. The van der Waals surface area contributed by atoms with Crippen LogP contribution in [0.2, 0.25) is 0 Å². The maximum atomic E-state index is 12.4. The van der Waals surface area contributed by atoms with Crippen molar-refractivity contribution in [2.75, 3.05) is 26.3 Å². The minimum atomic E-state index is 0.0135. The highest BCUT2D eigenvalue weighted by Crippen LogP contribution is 2.17. The van der Waals surface area contributed by atoms with E-state index in [0.717, 1.165) is 17.7 Å². The van der Waals surface area contributed by atoms with Crippen LogP contribution >= 0.6 is 0 Å². The van der Waals surface area contributed by atoms with Gasteiger partial charge in [0.15, 0.2) is 6.61 Å². The van der Waals surface area contributed by atoms with Crippen molar-refractivity contribution in [2.45, 2.75) is 19.4 Å². The zero-order valence-corrected chi connectivity index (χ0v) is 14.0. The molecule has 4 heteroatoms. The van der Waals surface area contributed by atoms with Gasteiger partial charge < -0.3 is 14.4 Å². The lowest BCUT2D eigenvalue weighted by molar-refractivity contribution is -0.140. The minimum absolute atomic E-state index is 0.0135. The summed E-state index contributed by atoms with van der Waals surface area (Å²) in [7, 11) is 0. The van der Waals surface area contributed by atoms with Crippen LogP contribution < -0.4 is 4.74 Å². The van der Waals surface area contributed by atoms with Crippen molar-refractivity contribution in [3.05, 3.63) is 65.7 Å². The van der Waals surface area contributed by atoms with Gasteiger partial charge in [0.2, 0.25) is 0 Å². The van der Waals surface area contributed by atoms with Crippen molar-refractivity contribution in [1.82, 2.24) is 4.90 Å². The summed E-state index contributed by atoms with van der Waals surface area (Å²) in [6.45, 7) is 3.87. The van der Waals surface area contributed by atoms with Crippen molar-refractivity contribution in [3.63, 3.8) is 0 Å². The van der Waals surface area contributed by atoms with Crippen LogP contribution in [0.5, 0.6) is 5.75 Å². The summed E-state index contributed by atoms with van der Waals surface area (Å²) in [5.41, 5.74) is 2.27. The fraction of sp³-hybridized carbons (Fsp3) is 0.350. The largest absolute Gasteiger partial charge is 0.484 e. The van der Waals surface area contributed by atoms with Crippen molar-refractivity contribution in [2.24, 2.45) is 0 Å². The summed E-state index contributed by atoms with van der Waals surface area (Å²) >= 11 is 0. The van der Waals surface area contributed by atoms with Gasteiger partial charge in [-0.05, 0) is 24.1 Å². The van der Waals surface area contributed by atoms with Crippen LogP contribution in [0, 0.1) is 6.92 Å². The van der Waals surface area contributed by atoms with E-state index in [9.17, 15) is 4.79 Å². The second kappa shape index (κ2) is 7.97. The zero-order chi connectivity index (χ0) is 16.8. The van der Waals surface area contributed by atoms with E-state index >= 15 is 0 Å². The first kappa shape index (κ1) is 16.5. The van der Waals surface area contributed by atoms with Crippen LogP contribution in [0.25, 0.3) is 0 Å². The van der Waals surface area contributed by atoms with Gasteiger partial charge in [0, 0.05) is 19.5 Å². The first-order valence-corrected chi connectivity index (χ1v) is 8.34. The molecule has 1 heterocycles. The number of ether oxygens (including phenoxy) is 2. The monoisotopic (exact) mass is 325 g/mol. The molecule has 0 N–H and O–H groups in total. The highest BCUT2D eigenvalue weighted by atomic mass is 16.5. The molecule has 24 heavy (non-hydrogen) atoms. The van der Waals surface area contributed by atoms with Crippen molar-refractivity contribution >= 4 is 5.91 Å². The Hall–Kier alpha value is -2.33. The Morgan fingerprint density at radius 3 is 2.71 bits per heavy atom. The van der Waals surface area contributed by atoms with E-state index in [1.165, 1.54) is 5.56 Å². The molecule has 0 spiro atoms. The van der Waals surface area contributed by atoms with Gasteiger partial charge in [-0.15, -0.1) is 0 Å². The molecule has 1 unspecified atom stereocenters. The van der Waals surface area contributed by atoms with Gasteiger partial charge in [0.25, 0.3) is 5.91 Å². The van der Waals surface area contributed by atoms with Crippen LogP contribution in [0.3, 0.4) is 0 Å². The second-order valence-electron chi connectivity index (χ2n) is 6.08. The molecule has 1 amide bonds. The van der Waals surface area contributed by atoms with Crippen molar-refractivity contribution in [1.29, 1.82) is 0 Å². The van der Waals surface area contributed by atoms with Gasteiger partial charge >= 0.3 is 0 Å². The van der Waals surface area contributed by atoms with E-state index in [2.05, 4.69) is 12.1 Å². The number of aryl methyl sites for hydroxylation is 1. The summed E-state index contributed by atoms with van der Waals surface area (Å²) in [6, 6.07) is 18.0. The predicted molar refractivity (Wildman–Crippen MR) is 93.1 cm³/mol. The van der Waals surface area contributed by atoms with E-state index in [-0.39, 0.29) is 18.6 Å². The van der Waals surface area contributed by atoms with E-state index in [4.69, 9.17) is 9.47 Å². The number of carbonyl (C=O) groups excluding carboxylic acids is 1. The lowest BCUT2D eigenvalue weighted by atomic mass is 10.1. The highest BCUT2D eigenvalue weighted by Gasteiger charge is 2.24. The van der Waals surface area contributed by atoms with Gasteiger partial charge in [-0.25, -0.2) is 0 Å². The van der Waals surface area contributed by atoms with Gasteiger partial charge in [-0.1, -0.05) is 48.5 Å². The first-order chi connectivity index (χ1) is 11.7. The maximum absolute atomic E-state index is 12.4. The van der Waals surface area contributed by atoms with Gasteiger partial charge in [-0.2, -0.15) is 0 Å². The summed E-state index contributed by atoms with van der Waals surface area (Å²) in [4.78, 5) is 14.3. The molecule has 4 nitrogen and oxygen atoms in total. The van der Waals surface area contributed by atoms with E-state index in [0.29, 0.717) is 19.7 Å². The molecule has 1 aliphatic heterocycles. The van der Waals surface area contributed by atoms with E-state index in [1.54, 1.807) is 0 Å². The van der Waals surface area contributed by atoms with Crippen LogP contribution in [0.1, 0.15) is 11.1 Å². The average Bonchev–Trinajstić information content (AvgIpc) is 2.62. The molecule has 1 saturated heterocycles. The summed E-state index contributed by atoms with van der Waals surface area (Å²) in [5.74, 6) is 0.777. The van der Waals surface area contributed by atoms with E-state index < -0.39 is 0 Å². The number of nitrogens with zero attached hydrogens (tertiary/aromatic N) is 1. The van der Waals surface area contributed by atoms with Crippen molar-refractivity contribution < 1.29 is 14.3 Å². The third kappa shape index (κ3) is 4.36. The molecule has 0 radical (unpaired) electrons. The normalized spacial score (nSPS) is 17.5.